The standard InChI is InChI=1S/C32H32ClN7O2/c1-20(30(41)37-24-14-11-21(12-15-24)27-19-35-32(33)39(27)2)36-31(42)23-13-16-25-26(18-23)38-40(28-10-6-7-17-34-28)29(25)22-8-4-3-5-9-22/h6-7,10-20,22H,3-5,8-9H2,1-2H3,(H,36,42)(H,37,41). The SMILES string of the molecule is CC(NC(=O)c1ccc2c(C3CCCCC3)n(-c3ccccn3)nc2c1)C(=O)Nc1ccc(-c2cnc(Cl)n2C)cc1. The predicted molar refractivity (Wildman–Crippen MR) is 164 cm³/mol. The highest BCUT2D eigenvalue weighted by atomic mass is 35.5. The molecule has 2 aromatic carbocycles. The molecule has 6 rings (SSSR count). The van der Waals surface area contributed by atoms with Crippen LogP contribution in [0.2, 0.25) is 5.28 Å². The van der Waals surface area contributed by atoms with Crippen LogP contribution in [0.1, 0.15) is 61.0 Å². The number of aromatic nitrogens is 5. The van der Waals surface area contributed by atoms with E-state index in [1.807, 2.05) is 54.2 Å². The van der Waals surface area contributed by atoms with Crippen molar-refractivity contribution in [3.8, 4) is 17.1 Å². The first-order chi connectivity index (χ1) is 20.4. The minimum Gasteiger partial charge on any atom is -0.341 e. The largest absolute Gasteiger partial charge is 0.341 e. The lowest BCUT2D eigenvalue weighted by molar-refractivity contribution is -0.117. The Kier molecular flexibility index (Phi) is 7.75. The first-order valence-corrected chi connectivity index (χ1v) is 14.6. The normalized spacial score (nSPS) is 14.5. The quantitative estimate of drug-likeness (QED) is 0.235. The van der Waals surface area contributed by atoms with E-state index in [0.29, 0.717) is 22.5 Å². The topological polar surface area (TPSA) is 107 Å². The van der Waals surface area contributed by atoms with Crippen LogP contribution in [-0.4, -0.2) is 42.2 Å². The Hall–Kier alpha value is -4.50. The van der Waals surface area contributed by atoms with Crippen molar-refractivity contribution in [2.45, 2.75) is 51.0 Å². The number of halogens is 1. The van der Waals surface area contributed by atoms with Gasteiger partial charge in [0, 0.05) is 35.8 Å². The number of amides is 2. The maximum absolute atomic E-state index is 13.2. The molecule has 3 heterocycles. The van der Waals surface area contributed by atoms with Gasteiger partial charge in [0.05, 0.1) is 23.1 Å². The van der Waals surface area contributed by atoms with Crippen LogP contribution in [0.3, 0.4) is 0 Å². The molecule has 214 valence electrons. The fourth-order valence-corrected chi connectivity index (χ4v) is 5.79. The van der Waals surface area contributed by atoms with Gasteiger partial charge in [0.25, 0.3) is 5.91 Å². The van der Waals surface area contributed by atoms with Crippen molar-refractivity contribution in [1.29, 1.82) is 0 Å². The molecule has 1 atom stereocenters. The monoisotopic (exact) mass is 581 g/mol. The Balaban J connectivity index is 1.17. The van der Waals surface area contributed by atoms with Crippen molar-refractivity contribution in [2.75, 3.05) is 5.32 Å². The summed E-state index contributed by atoms with van der Waals surface area (Å²) in [6, 6.07) is 18.0. The molecule has 1 aliphatic rings. The molecule has 5 aromatic rings. The highest BCUT2D eigenvalue weighted by Gasteiger charge is 2.25. The van der Waals surface area contributed by atoms with Gasteiger partial charge < -0.3 is 15.2 Å². The smallest absolute Gasteiger partial charge is 0.251 e. The van der Waals surface area contributed by atoms with Crippen molar-refractivity contribution in [2.24, 2.45) is 7.05 Å². The predicted octanol–water partition coefficient (Wildman–Crippen LogP) is 6.28. The summed E-state index contributed by atoms with van der Waals surface area (Å²) < 4.78 is 3.72. The number of nitrogens with zero attached hydrogens (tertiary/aromatic N) is 5. The van der Waals surface area contributed by atoms with Gasteiger partial charge in [0.2, 0.25) is 11.2 Å². The highest BCUT2D eigenvalue weighted by molar-refractivity contribution is 6.28. The number of nitrogens with one attached hydrogen (secondary N) is 2. The summed E-state index contributed by atoms with van der Waals surface area (Å²) >= 11 is 6.05. The molecule has 0 aliphatic heterocycles. The second kappa shape index (κ2) is 11.8. The second-order valence-corrected chi connectivity index (χ2v) is 11.1. The Bertz CT molecular complexity index is 1740. The molecular weight excluding hydrogens is 550 g/mol. The van der Waals surface area contributed by atoms with E-state index in [1.165, 1.54) is 19.3 Å². The summed E-state index contributed by atoms with van der Waals surface area (Å²) in [5.74, 6) is 0.502. The molecule has 1 fully saturated rings. The third-order valence-electron chi connectivity index (χ3n) is 7.95. The summed E-state index contributed by atoms with van der Waals surface area (Å²) in [4.78, 5) is 34.8. The number of fused-ring (bicyclic) bond motifs is 1. The number of anilines is 1. The molecule has 0 radical (unpaired) electrons. The van der Waals surface area contributed by atoms with Crippen LogP contribution >= 0.6 is 11.6 Å². The van der Waals surface area contributed by atoms with Crippen LogP contribution in [0.25, 0.3) is 28.0 Å². The number of hydrogen-bond acceptors (Lipinski definition) is 5. The van der Waals surface area contributed by atoms with Gasteiger partial charge in [-0.1, -0.05) is 43.5 Å². The van der Waals surface area contributed by atoms with Crippen LogP contribution in [0.15, 0.2) is 73.1 Å². The fourth-order valence-electron chi connectivity index (χ4n) is 5.65. The third-order valence-corrected chi connectivity index (χ3v) is 8.30. The summed E-state index contributed by atoms with van der Waals surface area (Å²) in [6.07, 6.45) is 9.35. The number of benzene rings is 2. The van der Waals surface area contributed by atoms with Crippen molar-refractivity contribution in [1.82, 2.24) is 29.6 Å². The summed E-state index contributed by atoms with van der Waals surface area (Å²) in [5, 5.41) is 12.0. The lowest BCUT2D eigenvalue weighted by atomic mass is 9.85. The number of carbonyl (C=O) groups is 2. The Labute approximate surface area is 248 Å². The maximum atomic E-state index is 13.2. The maximum Gasteiger partial charge on any atom is 0.251 e. The lowest BCUT2D eigenvalue weighted by Crippen LogP contribution is -2.41. The number of pyridine rings is 1. The Morgan fingerprint density at radius 2 is 1.79 bits per heavy atom. The lowest BCUT2D eigenvalue weighted by Gasteiger charge is -2.22. The second-order valence-electron chi connectivity index (χ2n) is 10.8. The molecule has 2 amide bonds. The van der Waals surface area contributed by atoms with Gasteiger partial charge in [-0.25, -0.2) is 14.6 Å². The van der Waals surface area contributed by atoms with Crippen molar-refractivity contribution in [3.63, 3.8) is 0 Å². The summed E-state index contributed by atoms with van der Waals surface area (Å²) in [7, 11) is 1.84. The molecule has 0 bridgehead atoms. The summed E-state index contributed by atoms with van der Waals surface area (Å²) in [5.41, 5.74) is 4.74. The van der Waals surface area contributed by atoms with E-state index >= 15 is 0 Å². The fraction of sp³-hybridized carbons (Fsp3) is 0.281. The van der Waals surface area contributed by atoms with E-state index in [1.54, 1.807) is 42.1 Å². The zero-order valence-corrected chi connectivity index (χ0v) is 24.3. The van der Waals surface area contributed by atoms with Crippen LogP contribution < -0.4 is 10.6 Å². The van der Waals surface area contributed by atoms with E-state index < -0.39 is 6.04 Å². The number of hydrogen-bond donors (Lipinski definition) is 2. The van der Waals surface area contributed by atoms with Crippen molar-refractivity contribution < 1.29 is 9.59 Å². The summed E-state index contributed by atoms with van der Waals surface area (Å²) in [6.45, 7) is 1.66. The third kappa shape index (κ3) is 5.52. The van der Waals surface area contributed by atoms with E-state index in [0.717, 1.165) is 46.5 Å². The average molecular weight is 582 g/mol. The molecule has 3 aromatic heterocycles. The Morgan fingerprint density at radius 3 is 2.48 bits per heavy atom. The molecule has 0 spiro atoms. The van der Waals surface area contributed by atoms with Crippen LogP contribution in [0.4, 0.5) is 5.69 Å². The van der Waals surface area contributed by atoms with E-state index in [2.05, 4.69) is 20.6 Å². The van der Waals surface area contributed by atoms with Gasteiger partial charge in [0.1, 0.15) is 6.04 Å². The first kappa shape index (κ1) is 27.7. The van der Waals surface area contributed by atoms with Gasteiger partial charge in [-0.15, -0.1) is 0 Å². The molecule has 1 saturated carbocycles. The molecule has 1 aliphatic carbocycles. The minimum absolute atomic E-state index is 0.320. The highest BCUT2D eigenvalue weighted by Crippen LogP contribution is 2.37. The van der Waals surface area contributed by atoms with E-state index in [-0.39, 0.29) is 11.8 Å². The molecule has 1 unspecified atom stereocenters. The number of carbonyl (C=O) groups excluding carboxylic acids is 2. The molecular formula is C32H32ClN7O2. The molecule has 0 saturated heterocycles. The van der Waals surface area contributed by atoms with Gasteiger partial charge in [-0.3, -0.25) is 9.59 Å². The van der Waals surface area contributed by atoms with Crippen LogP contribution in [-0.2, 0) is 11.8 Å². The van der Waals surface area contributed by atoms with Crippen molar-refractivity contribution in [3.05, 3.63) is 89.6 Å². The first-order valence-electron chi connectivity index (χ1n) is 14.2. The minimum atomic E-state index is -0.757. The van der Waals surface area contributed by atoms with E-state index in [9.17, 15) is 9.59 Å². The zero-order valence-electron chi connectivity index (χ0n) is 23.5. The van der Waals surface area contributed by atoms with Crippen LogP contribution in [0, 0.1) is 0 Å². The average Bonchev–Trinajstić information content (AvgIpc) is 3.57. The zero-order chi connectivity index (χ0) is 29.2. The van der Waals surface area contributed by atoms with Gasteiger partial charge in [0.15, 0.2) is 5.82 Å². The van der Waals surface area contributed by atoms with Gasteiger partial charge in [-0.05, 0) is 73.3 Å². The molecule has 2 N–H and O–H groups in total. The van der Waals surface area contributed by atoms with Crippen LogP contribution in [0.5, 0.6) is 0 Å². The number of rotatable bonds is 7. The van der Waals surface area contributed by atoms with Crippen molar-refractivity contribution >= 4 is 40.0 Å². The van der Waals surface area contributed by atoms with Gasteiger partial charge in [-0.2, -0.15) is 5.10 Å². The van der Waals surface area contributed by atoms with Gasteiger partial charge >= 0.3 is 0 Å². The molecule has 10 heteroatoms. The molecule has 9 nitrogen and oxygen atoms in total. The Morgan fingerprint density at radius 1 is 1.00 bits per heavy atom. The molecule has 42 heavy (non-hydrogen) atoms. The van der Waals surface area contributed by atoms with E-state index in [4.69, 9.17) is 16.7 Å². The number of imidazole rings is 1.